The van der Waals surface area contributed by atoms with Crippen molar-refractivity contribution in [2.45, 2.75) is 32.4 Å². The highest BCUT2D eigenvalue weighted by atomic mass is 32.1. The maximum absolute atomic E-state index is 12.6. The molecule has 1 aromatic heterocycles. The maximum Gasteiger partial charge on any atom is 0.256 e. The lowest BCUT2D eigenvalue weighted by molar-refractivity contribution is 0.0694. The lowest BCUT2D eigenvalue weighted by Crippen LogP contribution is -2.47. The number of carbonyl (C=O) groups is 1. The van der Waals surface area contributed by atoms with Gasteiger partial charge in [0.05, 0.1) is 11.3 Å². The second kappa shape index (κ2) is 7.03. The molecule has 1 aliphatic heterocycles. The van der Waals surface area contributed by atoms with E-state index in [-0.39, 0.29) is 5.91 Å². The summed E-state index contributed by atoms with van der Waals surface area (Å²) in [6.07, 6.45) is 2.17. The number of carbonyl (C=O) groups excluding carboxylic acids is 1. The predicted molar refractivity (Wildman–Crippen MR) is 89.1 cm³/mol. The number of hydrogen-bond donors (Lipinski definition) is 1. The minimum atomic E-state index is 0.123. The Bertz CT molecular complexity index is 626. The Kier molecular flexibility index (Phi) is 4.85. The van der Waals surface area contributed by atoms with Crippen LogP contribution in [0.2, 0.25) is 0 Å². The van der Waals surface area contributed by atoms with Gasteiger partial charge in [0.2, 0.25) is 0 Å². The van der Waals surface area contributed by atoms with E-state index in [1.54, 1.807) is 0 Å². The summed E-state index contributed by atoms with van der Waals surface area (Å²) in [5.74, 6) is 0.123. The lowest BCUT2D eigenvalue weighted by atomic mass is 10.0. The number of rotatable bonds is 4. The van der Waals surface area contributed by atoms with Gasteiger partial charge in [-0.15, -0.1) is 0 Å². The summed E-state index contributed by atoms with van der Waals surface area (Å²) in [7, 11) is 0. The van der Waals surface area contributed by atoms with Crippen molar-refractivity contribution in [1.82, 2.24) is 14.6 Å². The smallest absolute Gasteiger partial charge is 0.256 e. The monoisotopic (exact) mass is 315 g/mol. The molecule has 1 fully saturated rings. The highest BCUT2D eigenvalue weighted by Gasteiger charge is 2.25. The fraction of sp³-hybridized carbons (Fsp3) is 0.412. The average Bonchev–Trinajstić information content (AvgIpc) is 2.99. The van der Waals surface area contributed by atoms with Gasteiger partial charge in [-0.2, -0.15) is 4.37 Å². The molecule has 1 atom stereocenters. The Morgan fingerprint density at radius 3 is 2.95 bits per heavy atom. The van der Waals surface area contributed by atoms with E-state index < -0.39 is 0 Å². The zero-order valence-electron chi connectivity index (χ0n) is 12.8. The third-order valence-corrected chi connectivity index (χ3v) is 4.85. The topological polar surface area (TPSA) is 45.2 Å². The van der Waals surface area contributed by atoms with Crippen LogP contribution in [0.4, 0.5) is 0 Å². The largest absolute Gasteiger partial charge is 0.337 e. The van der Waals surface area contributed by atoms with E-state index in [2.05, 4.69) is 34.0 Å². The molecular formula is C17H21N3OS. The Hall–Kier alpha value is -1.72. The molecule has 0 radical (unpaired) electrons. The summed E-state index contributed by atoms with van der Waals surface area (Å²) in [6, 6.07) is 10.8. The fourth-order valence-corrected chi connectivity index (χ4v) is 3.54. The van der Waals surface area contributed by atoms with Gasteiger partial charge in [-0.05, 0) is 36.9 Å². The molecule has 22 heavy (non-hydrogen) atoms. The van der Waals surface area contributed by atoms with E-state index in [0.717, 1.165) is 43.7 Å². The number of amides is 1. The van der Waals surface area contributed by atoms with Crippen LogP contribution in [0.15, 0.2) is 35.7 Å². The van der Waals surface area contributed by atoms with E-state index in [9.17, 15) is 4.79 Å². The van der Waals surface area contributed by atoms with Gasteiger partial charge in [-0.25, -0.2) is 0 Å². The fourth-order valence-electron chi connectivity index (χ4n) is 2.85. The van der Waals surface area contributed by atoms with Gasteiger partial charge in [-0.3, -0.25) is 4.79 Å². The Morgan fingerprint density at radius 1 is 1.41 bits per heavy atom. The van der Waals surface area contributed by atoms with Crippen molar-refractivity contribution in [2.75, 3.05) is 13.1 Å². The molecule has 1 amide bonds. The molecule has 1 aliphatic rings. The molecule has 2 aromatic rings. The number of aryl methyl sites for hydroxylation is 1. The van der Waals surface area contributed by atoms with Gasteiger partial charge < -0.3 is 10.2 Å². The van der Waals surface area contributed by atoms with E-state index in [4.69, 9.17) is 0 Å². The minimum Gasteiger partial charge on any atom is -0.337 e. The number of hydrogen-bond acceptors (Lipinski definition) is 4. The molecule has 1 N–H and O–H groups in total. The molecule has 0 spiro atoms. The quantitative estimate of drug-likeness (QED) is 0.943. The molecule has 3 rings (SSSR count). The maximum atomic E-state index is 12.6. The van der Waals surface area contributed by atoms with Crippen molar-refractivity contribution in [3.8, 4) is 0 Å². The first kappa shape index (κ1) is 15.2. The summed E-state index contributed by atoms with van der Waals surface area (Å²) >= 11 is 1.35. The van der Waals surface area contributed by atoms with Crippen LogP contribution in [0, 0.1) is 6.92 Å². The Balaban J connectivity index is 1.57. The molecule has 1 unspecified atom stereocenters. The van der Waals surface area contributed by atoms with Gasteiger partial charge in [-0.1, -0.05) is 30.3 Å². The van der Waals surface area contributed by atoms with Gasteiger partial charge in [0, 0.05) is 31.1 Å². The molecule has 0 bridgehead atoms. The molecule has 5 heteroatoms. The Morgan fingerprint density at radius 2 is 2.23 bits per heavy atom. The third kappa shape index (κ3) is 3.54. The molecule has 4 nitrogen and oxygen atoms in total. The lowest BCUT2D eigenvalue weighted by Gasteiger charge is -2.33. The van der Waals surface area contributed by atoms with Crippen molar-refractivity contribution in [3.63, 3.8) is 0 Å². The molecule has 116 valence electrons. The number of nitrogens with one attached hydrogen (secondary N) is 1. The van der Waals surface area contributed by atoms with Crippen LogP contribution in [0.1, 0.15) is 34.5 Å². The zero-order chi connectivity index (χ0) is 15.4. The van der Waals surface area contributed by atoms with Gasteiger partial charge in [0.25, 0.3) is 5.91 Å². The van der Waals surface area contributed by atoms with Crippen LogP contribution in [0.5, 0.6) is 0 Å². The Labute approximate surface area is 135 Å². The van der Waals surface area contributed by atoms with Gasteiger partial charge in [0.1, 0.15) is 0 Å². The number of benzene rings is 1. The van der Waals surface area contributed by atoms with Crippen LogP contribution in [-0.2, 0) is 6.54 Å². The van der Waals surface area contributed by atoms with E-state index in [1.165, 1.54) is 17.1 Å². The predicted octanol–water partition coefficient (Wildman–Crippen LogP) is 2.85. The van der Waals surface area contributed by atoms with Crippen LogP contribution < -0.4 is 5.32 Å². The van der Waals surface area contributed by atoms with Crippen LogP contribution >= 0.6 is 11.5 Å². The highest BCUT2D eigenvalue weighted by molar-refractivity contribution is 7.03. The summed E-state index contributed by atoms with van der Waals surface area (Å²) in [5, 5.41) is 5.44. The van der Waals surface area contributed by atoms with Gasteiger partial charge >= 0.3 is 0 Å². The SMILES string of the molecule is Cc1nscc1C(=O)N1CCCC(NCc2ccccc2)C1. The molecule has 0 aliphatic carbocycles. The van der Waals surface area contributed by atoms with Crippen LogP contribution in [0.25, 0.3) is 0 Å². The summed E-state index contributed by atoms with van der Waals surface area (Å²) in [4.78, 5) is 14.5. The van der Waals surface area contributed by atoms with Crippen LogP contribution in [-0.4, -0.2) is 34.3 Å². The van der Waals surface area contributed by atoms with Crippen molar-refractivity contribution in [1.29, 1.82) is 0 Å². The minimum absolute atomic E-state index is 0.123. The van der Waals surface area contributed by atoms with Crippen molar-refractivity contribution in [3.05, 3.63) is 52.5 Å². The third-order valence-electron chi connectivity index (χ3n) is 4.13. The molecular weight excluding hydrogens is 294 g/mol. The van der Waals surface area contributed by atoms with Gasteiger partial charge in [0.15, 0.2) is 0 Å². The second-order valence-corrected chi connectivity index (χ2v) is 6.40. The first-order valence-electron chi connectivity index (χ1n) is 7.71. The number of nitrogens with zero attached hydrogens (tertiary/aromatic N) is 2. The van der Waals surface area contributed by atoms with E-state index in [1.807, 2.05) is 23.3 Å². The molecule has 1 aromatic carbocycles. The first-order chi connectivity index (χ1) is 10.7. The zero-order valence-corrected chi connectivity index (χ0v) is 13.6. The molecule has 1 saturated heterocycles. The van der Waals surface area contributed by atoms with Crippen molar-refractivity contribution < 1.29 is 4.79 Å². The summed E-state index contributed by atoms with van der Waals surface area (Å²) in [6.45, 7) is 4.38. The first-order valence-corrected chi connectivity index (χ1v) is 8.55. The summed E-state index contributed by atoms with van der Waals surface area (Å²) in [5.41, 5.74) is 2.88. The van der Waals surface area contributed by atoms with E-state index in [0.29, 0.717) is 6.04 Å². The standard InChI is InChI=1S/C17H21N3OS/c1-13-16(12-22-19-13)17(21)20-9-5-8-15(11-20)18-10-14-6-3-2-4-7-14/h2-4,6-7,12,15,18H,5,8-11H2,1H3. The van der Waals surface area contributed by atoms with E-state index >= 15 is 0 Å². The number of aromatic nitrogens is 1. The van der Waals surface area contributed by atoms with Crippen LogP contribution in [0.3, 0.4) is 0 Å². The average molecular weight is 315 g/mol. The molecule has 0 saturated carbocycles. The second-order valence-electron chi connectivity index (χ2n) is 5.77. The normalized spacial score (nSPS) is 18.4. The number of likely N-dealkylation sites (tertiary alicyclic amines) is 1. The highest BCUT2D eigenvalue weighted by Crippen LogP contribution is 2.17. The van der Waals surface area contributed by atoms with Crippen molar-refractivity contribution >= 4 is 17.4 Å². The molecule has 2 heterocycles. The summed E-state index contributed by atoms with van der Waals surface area (Å²) < 4.78 is 4.21. The number of piperidine rings is 1. The van der Waals surface area contributed by atoms with Crippen molar-refractivity contribution in [2.24, 2.45) is 0 Å².